The molecule has 0 spiro atoms. The minimum absolute atomic E-state index is 0.0861. The van der Waals surface area contributed by atoms with E-state index >= 15 is 0 Å². The first kappa shape index (κ1) is 13.4. The van der Waals surface area contributed by atoms with Gasteiger partial charge in [-0.3, -0.25) is 4.79 Å². The van der Waals surface area contributed by atoms with Gasteiger partial charge in [0, 0.05) is 20.0 Å². The molecule has 4 nitrogen and oxygen atoms in total. The molecule has 0 saturated carbocycles. The number of aliphatic carboxylic acids is 1. The van der Waals surface area contributed by atoms with E-state index in [0.717, 1.165) is 0 Å². The van der Waals surface area contributed by atoms with Crippen LogP contribution in [0.5, 0.6) is 0 Å². The summed E-state index contributed by atoms with van der Waals surface area (Å²) in [5, 5.41) is 8.73. The van der Waals surface area contributed by atoms with Gasteiger partial charge in [-0.1, -0.05) is 6.07 Å². The summed E-state index contributed by atoms with van der Waals surface area (Å²) in [4.78, 5) is 12.3. The van der Waals surface area contributed by atoms with Crippen LogP contribution in [0.1, 0.15) is 17.9 Å². The van der Waals surface area contributed by atoms with Crippen molar-refractivity contribution in [3.63, 3.8) is 0 Å². The van der Waals surface area contributed by atoms with Crippen LogP contribution in [0, 0.1) is 5.82 Å². The van der Waals surface area contributed by atoms with Crippen molar-refractivity contribution in [2.24, 2.45) is 5.73 Å². The molecular formula is C12H17FN2O2. The quantitative estimate of drug-likeness (QED) is 0.816. The molecule has 0 amide bonds. The van der Waals surface area contributed by atoms with Crippen molar-refractivity contribution in [1.29, 1.82) is 0 Å². The SMILES string of the molecule is CN(C)c1ccc(C(CN)CC(=O)O)cc1F. The van der Waals surface area contributed by atoms with E-state index in [1.54, 1.807) is 31.1 Å². The molecule has 0 aromatic heterocycles. The number of carbonyl (C=O) groups is 1. The van der Waals surface area contributed by atoms with Gasteiger partial charge in [0.25, 0.3) is 0 Å². The van der Waals surface area contributed by atoms with Crippen LogP contribution in [0.15, 0.2) is 18.2 Å². The second kappa shape index (κ2) is 5.63. The molecule has 3 N–H and O–H groups in total. The van der Waals surface area contributed by atoms with Crippen molar-refractivity contribution in [2.75, 3.05) is 25.5 Å². The molecule has 0 saturated heterocycles. The molecule has 17 heavy (non-hydrogen) atoms. The number of hydrogen-bond donors (Lipinski definition) is 2. The van der Waals surface area contributed by atoms with Crippen molar-refractivity contribution in [2.45, 2.75) is 12.3 Å². The second-order valence-electron chi connectivity index (χ2n) is 4.14. The molecule has 0 aliphatic carbocycles. The molecule has 1 unspecified atom stereocenters. The lowest BCUT2D eigenvalue weighted by molar-refractivity contribution is -0.137. The van der Waals surface area contributed by atoms with Gasteiger partial charge in [0.1, 0.15) is 5.82 Å². The van der Waals surface area contributed by atoms with Crippen molar-refractivity contribution in [1.82, 2.24) is 0 Å². The lowest BCUT2D eigenvalue weighted by Gasteiger charge is -2.17. The van der Waals surface area contributed by atoms with Crippen LogP contribution < -0.4 is 10.6 Å². The first-order chi connectivity index (χ1) is 7.95. The summed E-state index contributed by atoms with van der Waals surface area (Å²) in [7, 11) is 3.49. The van der Waals surface area contributed by atoms with Gasteiger partial charge in [0.15, 0.2) is 0 Å². The largest absolute Gasteiger partial charge is 0.481 e. The number of hydrogen-bond acceptors (Lipinski definition) is 3. The summed E-state index contributed by atoms with van der Waals surface area (Å²) in [5.41, 5.74) is 6.60. The average Bonchev–Trinajstić information content (AvgIpc) is 2.24. The van der Waals surface area contributed by atoms with Crippen LogP contribution in [0.3, 0.4) is 0 Å². The molecule has 0 radical (unpaired) electrons. The van der Waals surface area contributed by atoms with Crippen molar-refractivity contribution < 1.29 is 14.3 Å². The molecule has 1 aromatic rings. The van der Waals surface area contributed by atoms with E-state index in [4.69, 9.17) is 10.8 Å². The lowest BCUT2D eigenvalue weighted by Crippen LogP contribution is -2.17. The highest BCUT2D eigenvalue weighted by atomic mass is 19.1. The van der Waals surface area contributed by atoms with Crippen molar-refractivity contribution in [3.05, 3.63) is 29.6 Å². The van der Waals surface area contributed by atoms with Crippen LogP contribution >= 0.6 is 0 Å². The Morgan fingerprint density at radius 1 is 1.53 bits per heavy atom. The zero-order valence-corrected chi connectivity index (χ0v) is 9.98. The van der Waals surface area contributed by atoms with Gasteiger partial charge in [-0.25, -0.2) is 4.39 Å². The summed E-state index contributed by atoms with van der Waals surface area (Å²) >= 11 is 0. The Hall–Kier alpha value is -1.62. The summed E-state index contributed by atoms with van der Waals surface area (Å²) in [6.07, 6.45) is -0.0861. The van der Waals surface area contributed by atoms with E-state index in [2.05, 4.69) is 0 Å². The Morgan fingerprint density at radius 3 is 2.59 bits per heavy atom. The molecule has 1 atom stereocenters. The Bertz CT molecular complexity index is 407. The number of anilines is 1. The predicted octanol–water partition coefficient (Wildman–Crippen LogP) is 1.41. The smallest absolute Gasteiger partial charge is 0.304 e. The number of nitrogens with two attached hydrogens (primary N) is 1. The van der Waals surface area contributed by atoms with Crippen LogP contribution in [-0.4, -0.2) is 31.7 Å². The predicted molar refractivity (Wildman–Crippen MR) is 64.8 cm³/mol. The Morgan fingerprint density at radius 2 is 2.18 bits per heavy atom. The van der Waals surface area contributed by atoms with Crippen LogP contribution in [0.4, 0.5) is 10.1 Å². The number of rotatable bonds is 5. The minimum atomic E-state index is -0.933. The fourth-order valence-corrected chi connectivity index (χ4v) is 1.69. The highest BCUT2D eigenvalue weighted by Gasteiger charge is 2.16. The maximum atomic E-state index is 13.7. The van der Waals surface area contributed by atoms with E-state index in [0.29, 0.717) is 11.3 Å². The normalized spacial score (nSPS) is 12.2. The third kappa shape index (κ3) is 3.42. The summed E-state index contributed by atoms with van der Waals surface area (Å²) in [5.74, 6) is -1.65. The topological polar surface area (TPSA) is 66.6 Å². The van der Waals surface area contributed by atoms with Gasteiger partial charge >= 0.3 is 5.97 Å². The van der Waals surface area contributed by atoms with Crippen LogP contribution in [0.25, 0.3) is 0 Å². The number of nitrogens with zero attached hydrogens (tertiary/aromatic N) is 1. The molecule has 1 aromatic carbocycles. The zero-order chi connectivity index (χ0) is 13.0. The third-order valence-electron chi connectivity index (χ3n) is 2.63. The molecule has 0 bridgehead atoms. The second-order valence-corrected chi connectivity index (χ2v) is 4.14. The van der Waals surface area contributed by atoms with Crippen LogP contribution in [-0.2, 0) is 4.79 Å². The fourth-order valence-electron chi connectivity index (χ4n) is 1.69. The number of benzene rings is 1. The molecule has 0 heterocycles. The Kier molecular flexibility index (Phi) is 4.45. The van der Waals surface area contributed by atoms with Gasteiger partial charge in [0.2, 0.25) is 0 Å². The highest BCUT2D eigenvalue weighted by molar-refractivity contribution is 5.68. The third-order valence-corrected chi connectivity index (χ3v) is 2.63. The first-order valence-electron chi connectivity index (χ1n) is 5.34. The maximum absolute atomic E-state index is 13.7. The van der Waals surface area contributed by atoms with Crippen molar-refractivity contribution >= 4 is 11.7 Å². The van der Waals surface area contributed by atoms with Gasteiger partial charge < -0.3 is 15.7 Å². The summed E-state index contributed by atoms with van der Waals surface area (Å²) in [6, 6.07) is 4.71. The van der Waals surface area contributed by atoms with Crippen molar-refractivity contribution in [3.8, 4) is 0 Å². The number of carboxylic acid groups (broad SMARTS) is 1. The summed E-state index contributed by atoms with van der Waals surface area (Å²) in [6.45, 7) is 0.188. The van der Waals surface area contributed by atoms with Gasteiger partial charge in [-0.05, 0) is 24.2 Å². The van der Waals surface area contributed by atoms with Gasteiger partial charge in [-0.2, -0.15) is 0 Å². The van der Waals surface area contributed by atoms with E-state index in [1.807, 2.05) is 0 Å². The molecule has 0 aliphatic heterocycles. The Labute approximate surface area is 99.8 Å². The molecule has 5 heteroatoms. The standard InChI is InChI=1S/C12H17FN2O2/c1-15(2)11-4-3-8(5-10(11)13)9(7-14)6-12(16)17/h3-5,9H,6-7,14H2,1-2H3,(H,16,17). The van der Waals surface area contributed by atoms with Gasteiger partial charge in [0.05, 0.1) is 12.1 Å². The molecular weight excluding hydrogens is 223 g/mol. The van der Waals surface area contributed by atoms with Gasteiger partial charge in [-0.15, -0.1) is 0 Å². The highest BCUT2D eigenvalue weighted by Crippen LogP contribution is 2.24. The molecule has 0 fully saturated rings. The number of carboxylic acids is 1. The molecule has 94 valence electrons. The number of halogens is 1. The average molecular weight is 240 g/mol. The minimum Gasteiger partial charge on any atom is -0.481 e. The maximum Gasteiger partial charge on any atom is 0.304 e. The Balaban J connectivity index is 2.98. The monoisotopic (exact) mass is 240 g/mol. The van der Waals surface area contributed by atoms with E-state index in [-0.39, 0.29) is 24.7 Å². The zero-order valence-electron chi connectivity index (χ0n) is 9.98. The van der Waals surface area contributed by atoms with E-state index < -0.39 is 5.97 Å². The van der Waals surface area contributed by atoms with E-state index in [9.17, 15) is 9.18 Å². The first-order valence-corrected chi connectivity index (χ1v) is 5.34. The fraction of sp³-hybridized carbons (Fsp3) is 0.417. The molecule has 0 aliphatic rings. The van der Waals surface area contributed by atoms with Crippen LogP contribution in [0.2, 0.25) is 0 Å². The lowest BCUT2D eigenvalue weighted by atomic mass is 9.95. The molecule has 1 rings (SSSR count). The van der Waals surface area contributed by atoms with E-state index in [1.165, 1.54) is 6.07 Å². The summed E-state index contributed by atoms with van der Waals surface area (Å²) < 4.78 is 13.7.